The van der Waals surface area contributed by atoms with E-state index in [9.17, 15) is 4.79 Å². The number of pyridine rings is 1. The minimum atomic E-state index is -0.117. The van der Waals surface area contributed by atoms with Crippen molar-refractivity contribution >= 4 is 16.8 Å². The van der Waals surface area contributed by atoms with Crippen molar-refractivity contribution in [3.05, 3.63) is 71.9 Å². The number of rotatable bonds is 3. The van der Waals surface area contributed by atoms with Gasteiger partial charge in [0.2, 0.25) is 0 Å². The first kappa shape index (κ1) is 13.3. The largest absolute Gasteiger partial charge is 0.283 e. The summed E-state index contributed by atoms with van der Waals surface area (Å²) in [6.45, 7) is 0. The van der Waals surface area contributed by atoms with Gasteiger partial charge in [-0.3, -0.25) is 14.3 Å². The monoisotopic (exact) mass is 304 g/mol. The Labute approximate surface area is 131 Å². The smallest absolute Gasteiger partial charge is 0.263 e. The number of carbonyl (C=O) groups is 1. The molecule has 0 bridgehead atoms. The molecule has 0 fully saturated rings. The van der Waals surface area contributed by atoms with Gasteiger partial charge in [0.1, 0.15) is 0 Å². The van der Waals surface area contributed by atoms with Gasteiger partial charge in [-0.25, -0.2) is 0 Å². The number of benzene rings is 1. The van der Waals surface area contributed by atoms with Crippen molar-refractivity contribution in [1.29, 1.82) is 0 Å². The summed E-state index contributed by atoms with van der Waals surface area (Å²) in [6.07, 6.45) is 5.54. The van der Waals surface area contributed by atoms with Crippen molar-refractivity contribution in [2.75, 3.05) is 0 Å². The zero-order valence-electron chi connectivity index (χ0n) is 12.0. The Hall–Kier alpha value is -3.35. The molecule has 3 heterocycles. The third-order valence-corrected chi connectivity index (χ3v) is 3.66. The molecule has 0 spiro atoms. The molecule has 7 nitrogen and oxygen atoms in total. The van der Waals surface area contributed by atoms with E-state index in [1.807, 2.05) is 30.5 Å². The quantitative estimate of drug-likeness (QED) is 0.623. The molecule has 1 aromatic carbocycles. The molecule has 1 N–H and O–H groups in total. The number of carbonyl (C=O) groups excluding carboxylic acids is 1. The first-order chi connectivity index (χ1) is 11.3. The molecular formula is C16H12N6O. The Balaban J connectivity index is 1.83. The summed E-state index contributed by atoms with van der Waals surface area (Å²) in [4.78, 5) is 16.8. The number of aromatic amines is 1. The molecule has 0 saturated heterocycles. The maximum absolute atomic E-state index is 12.7. The fraction of sp³-hybridized carbons (Fsp3) is 0.0625. The maximum atomic E-state index is 12.7. The highest BCUT2D eigenvalue weighted by atomic mass is 16.2. The van der Waals surface area contributed by atoms with Crippen molar-refractivity contribution in [2.45, 2.75) is 6.42 Å². The van der Waals surface area contributed by atoms with E-state index < -0.39 is 0 Å². The maximum Gasteiger partial charge on any atom is 0.263 e. The number of fused-ring (bicyclic) bond motifs is 1. The Morgan fingerprint density at radius 3 is 2.87 bits per heavy atom. The zero-order valence-corrected chi connectivity index (χ0v) is 12.0. The van der Waals surface area contributed by atoms with Crippen LogP contribution in [0.25, 0.3) is 10.9 Å². The summed E-state index contributed by atoms with van der Waals surface area (Å²) in [6, 6.07) is 11.3. The first-order valence-corrected chi connectivity index (χ1v) is 7.09. The van der Waals surface area contributed by atoms with Crippen LogP contribution in [0.4, 0.5) is 0 Å². The van der Waals surface area contributed by atoms with Crippen molar-refractivity contribution < 1.29 is 4.79 Å². The molecule has 0 aliphatic carbocycles. The fourth-order valence-corrected chi connectivity index (χ4v) is 2.62. The van der Waals surface area contributed by atoms with Crippen LogP contribution in [0.1, 0.15) is 21.7 Å². The van der Waals surface area contributed by atoms with E-state index in [1.54, 1.807) is 29.1 Å². The molecule has 0 unspecified atom stereocenters. The van der Waals surface area contributed by atoms with Gasteiger partial charge in [0.15, 0.2) is 5.82 Å². The van der Waals surface area contributed by atoms with Gasteiger partial charge in [0.25, 0.3) is 5.91 Å². The summed E-state index contributed by atoms with van der Waals surface area (Å²) in [5.74, 6) is 0.468. The zero-order chi connectivity index (χ0) is 15.6. The van der Waals surface area contributed by atoms with Crippen LogP contribution < -0.4 is 0 Å². The lowest BCUT2D eigenvalue weighted by atomic mass is 10.1. The number of nitrogens with zero attached hydrogens (tertiary/aromatic N) is 5. The second-order valence-electron chi connectivity index (χ2n) is 5.09. The van der Waals surface area contributed by atoms with Crippen molar-refractivity contribution in [3.63, 3.8) is 0 Å². The summed E-state index contributed by atoms with van der Waals surface area (Å²) in [5, 5.41) is 15.0. The Morgan fingerprint density at radius 2 is 2.09 bits per heavy atom. The standard InChI is InChI=1S/C16H12N6O/c23-16(11-4-3-7-17-9-11)22-10-12(8-15-18-20-21-19-15)13-5-1-2-6-14(13)22/h1-7,9-10H,8H2,(H,18,19,20,21). The molecule has 3 aromatic heterocycles. The van der Waals surface area contributed by atoms with Crippen LogP contribution >= 0.6 is 0 Å². The van der Waals surface area contributed by atoms with E-state index in [2.05, 4.69) is 25.6 Å². The number of hydrogen-bond acceptors (Lipinski definition) is 5. The van der Waals surface area contributed by atoms with Gasteiger partial charge in [-0.15, -0.1) is 10.2 Å². The fourth-order valence-electron chi connectivity index (χ4n) is 2.62. The van der Waals surface area contributed by atoms with E-state index >= 15 is 0 Å². The predicted molar refractivity (Wildman–Crippen MR) is 82.9 cm³/mol. The lowest BCUT2D eigenvalue weighted by Gasteiger charge is -2.03. The van der Waals surface area contributed by atoms with Crippen LogP contribution in [0.5, 0.6) is 0 Å². The van der Waals surface area contributed by atoms with E-state index in [4.69, 9.17) is 0 Å². The van der Waals surface area contributed by atoms with Gasteiger partial charge in [-0.05, 0) is 23.8 Å². The Kier molecular flexibility index (Phi) is 3.16. The summed E-state index contributed by atoms with van der Waals surface area (Å²) in [7, 11) is 0. The van der Waals surface area contributed by atoms with Crippen molar-refractivity contribution in [1.82, 2.24) is 30.2 Å². The molecule has 0 aliphatic rings. The second-order valence-corrected chi connectivity index (χ2v) is 5.09. The highest BCUT2D eigenvalue weighted by molar-refractivity contribution is 6.02. The molecular weight excluding hydrogens is 292 g/mol. The lowest BCUT2D eigenvalue weighted by Crippen LogP contribution is -2.10. The molecule has 23 heavy (non-hydrogen) atoms. The molecule has 4 aromatic rings. The summed E-state index contributed by atoms with van der Waals surface area (Å²) >= 11 is 0. The first-order valence-electron chi connectivity index (χ1n) is 7.09. The van der Waals surface area contributed by atoms with E-state index in [0.717, 1.165) is 16.5 Å². The Bertz CT molecular complexity index is 959. The van der Waals surface area contributed by atoms with Gasteiger partial charge in [0, 0.05) is 30.4 Å². The van der Waals surface area contributed by atoms with Crippen LogP contribution in [-0.4, -0.2) is 36.1 Å². The summed E-state index contributed by atoms with van der Waals surface area (Å²) in [5.41, 5.74) is 2.36. The molecule has 112 valence electrons. The highest BCUT2D eigenvalue weighted by Crippen LogP contribution is 2.23. The van der Waals surface area contributed by atoms with Crippen LogP contribution in [0.3, 0.4) is 0 Å². The van der Waals surface area contributed by atoms with Gasteiger partial charge >= 0.3 is 0 Å². The normalized spacial score (nSPS) is 11.0. The van der Waals surface area contributed by atoms with E-state index in [1.165, 1.54) is 0 Å². The number of hydrogen-bond donors (Lipinski definition) is 1. The van der Waals surface area contributed by atoms with Crippen LogP contribution in [0, 0.1) is 0 Å². The number of para-hydroxylation sites is 1. The average Bonchev–Trinajstić information content (AvgIpc) is 3.24. The SMILES string of the molecule is O=C(c1cccnc1)n1cc(Cc2nn[nH]n2)c2ccccc21. The number of nitrogens with one attached hydrogen (secondary N) is 1. The molecule has 0 saturated carbocycles. The molecule has 0 atom stereocenters. The minimum Gasteiger partial charge on any atom is -0.283 e. The lowest BCUT2D eigenvalue weighted by molar-refractivity contribution is 0.0964. The summed E-state index contributed by atoms with van der Waals surface area (Å²) < 4.78 is 1.64. The van der Waals surface area contributed by atoms with Gasteiger partial charge in [-0.2, -0.15) is 5.21 Å². The van der Waals surface area contributed by atoms with Gasteiger partial charge in [0.05, 0.1) is 11.1 Å². The average molecular weight is 304 g/mol. The van der Waals surface area contributed by atoms with E-state index in [-0.39, 0.29) is 5.91 Å². The van der Waals surface area contributed by atoms with Crippen LogP contribution in [-0.2, 0) is 6.42 Å². The topological polar surface area (TPSA) is 89.4 Å². The van der Waals surface area contributed by atoms with Gasteiger partial charge in [-0.1, -0.05) is 23.4 Å². The molecule has 0 amide bonds. The van der Waals surface area contributed by atoms with Crippen LogP contribution in [0.15, 0.2) is 55.0 Å². The molecule has 7 heteroatoms. The van der Waals surface area contributed by atoms with Gasteiger partial charge < -0.3 is 0 Å². The van der Waals surface area contributed by atoms with Crippen molar-refractivity contribution in [3.8, 4) is 0 Å². The predicted octanol–water partition coefficient (Wildman–Crippen LogP) is 1.83. The number of tetrazole rings is 1. The highest BCUT2D eigenvalue weighted by Gasteiger charge is 2.16. The molecule has 0 radical (unpaired) electrons. The third-order valence-electron chi connectivity index (χ3n) is 3.66. The minimum absolute atomic E-state index is 0.117. The molecule has 4 rings (SSSR count). The second kappa shape index (κ2) is 5.45. The molecule has 0 aliphatic heterocycles. The third kappa shape index (κ3) is 2.38. The Morgan fingerprint density at radius 1 is 1.17 bits per heavy atom. The van der Waals surface area contributed by atoms with Crippen LogP contribution in [0.2, 0.25) is 0 Å². The number of aromatic nitrogens is 6. The van der Waals surface area contributed by atoms with E-state index in [0.29, 0.717) is 17.8 Å². The number of H-pyrrole nitrogens is 1. The van der Waals surface area contributed by atoms with Crippen molar-refractivity contribution in [2.24, 2.45) is 0 Å².